The first-order chi connectivity index (χ1) is 10.7. The Morgan fingerprint density at radius 3 is 2.73 bits per heavy atom. The van der Waals surface area contributed by atoms with Gasteiger partial charge in [-0.15, -0.1) is 0 Å². The number of hydrogen-bond acceptors (Lipinski definition) is 3. The highest BCUT2D eigenvalue weighted by Crippen LogP contribution is 2.31. The quantitative estimate of drug-likeness (QED) is 0.866. The molecule has 1 heterocycles. The van der Waals surface area contributed by atoms with Gasteiger partial charge in [-0.2, -0.15) is 0 Å². The second-order valence-electron chi connectivity index (χ2n) is 5.58. The molecule has 1 aliphatic rings. The molecule has 1 aliphatic heterocycles. The van der Waals surface area contributed by atoms with Crippen LogP contribution in [0.1, 0.15) is 17.5 Å². The maximum absolute atomic E-state index is 12.4. The van der Waals surface area contributed by atoms with Gasteiger partial charge < -0.3 is 9.47 Å². The fraction of sp³-hybridized carbons (Fsp3) is 0.333. The molecule has 4 heteroatoms. The fourth-order valence-electron chi connectivity index (χ4n) is 2.62. The summed E-state index contributed by atoms with van der Waals surface area (Å²) in [6.45, 7) is 2.03. The molecule has 0 unspecified atom stereocenters. The normalized spacial score (nSPS) is 18.2. The van der Waals surface area contributed by atoms with Crippen LogP contribution in [-0.2, 0) is 17.2 Å². The average Bonchev–Trinajstić information content (AvgIpc) is 2.55. The molecule has 22 heavy (non-hydrogen) atoms. The summed E-state index contributed by atoms with van der Waals surface area (Å²) in [4.78, 5) is 0.870. The van der Waals surface area contributed by atoms with Crippen LogP contribution in [0.25, 0.3) is 0 Å². The Morgan fingerprint density at radius 2 is 2.00 bits per heavy atom. The molecule has 0 N–H and O–H groups in total. The number of benzene rings is 2. The minimum atomic E-state index is -1.02. The number of ether oxygens (including phenoxy) is 2. The van der Waals surface area contributed by atoms with Crippen LogP contribution in [-0.4, -0.2) is 23.2 Å². The largest absolute Gasteiger partial charge is 0.497 e. The van der Waals surface area contributed by atoms with Gasteiger partial charge in [-0.05, 0) is 55.7 Å². The van der Waals surface area contributed by atoms with Gasteiger partial charge >= 0.3 is 0 Å². The zero-order chi connectivity index (χ0) is 15.5. The lowest BCUT2D eigenvalue weighted by atomic mass is 10.0. The van der Waals surface area contributed by atoms with Crippen molar-refractivity contribution >= 4 is 10.8 Å². The molecule has 3 nitrogen and oxygen atoms in total. The van der Waals surface area contributed by atoms with E-state index >= 15 is 0 Å². The predicted molar refractivity (Wildman–Crippen MR) is 88.2 cm³/mol. The van der Waals surface area contributed by atoms with E-state index in [1.807, 2.05) is 49.4 Å². The molecule has 0 saturated carbocycles. The van der Waals surface area contributed by atoms with Crippen molar-refractivity contribution in [2.45, 2.75) is 30.8 Å². The standard InChI is InChI=1S/C18H20O3S/c1-13-3-8-17(9-4-13)22(19)12-16-6-5-14-11-15(20-2)7-10-18(14)21-16/h3-4,7-11,16H,5-6,12H2,1-2H3/t16-,22-/m1/s1. The van der Waals surface area contributed by atoms with Gasteiger partial charge in [0.15, 0.2) is 0 Å². The van der Waals surface area contributed by atoms with Crippen LogP contribution in [0.4, 0.5) is 0 Å². The lowest BCUT2D eigenvalue weighted by molar-refractivity contribution is 0.195. The maximum Gasteiger partial charge on any atom is 0.123 e. The van der Waals surface area contributed by atoms with Crippen molar-refractivity contribution in [3.63, 3.8) is 0 Å². The SMILES string of the molecule is COc1ccc2c(c1)CC[C@H](C[S@@](=O)c1ccc(C)cc1)O2. The third-order valence-corrected chi connectivity index (χ3v) is 5.39. The summed E-state index contributed by atoms with van der Waals surface area (Å²) in [5.41, 5.74) is 2.34. The molecule has 2 aromatic carbocycles. The lowest BCUT2D eigenvalue weighted by Crippen LogP contribution is -2.28. The summed E-state index contributed by atoms with van der Waals surface area (Å²) >= 11 is 0. The molecule has 0 spiro atoms. The van der Waals surface area contributed by atoms with Crippen LogP contribution >= 0.6 is 0 Å². The van der Waals surface area contributed by atoms with Crippen molar-refractivity contribution in [2.24, 2.45) is 0 Å². The number of methoxy groups -OCH3 is 1. The molecule has 0 amide bonds. The van der Waals surface area contributed by atoms with Gasteiger partial charge in [0.1, 0.15) is 17.6 Å². The minimum Gasteiger partial charge on any atom is -0.497 e. The van der Waals surface area contributed by atoms with E-state index in [0.717, 1.165) is 34.8 Å². The monoisotopic (exact) mass is 316 g/mol. The summed E-state index contributed by atoms with van der Waals surface area (Å²) in [6.07, 6.45) is 1.82. The summed E-state index contributed by atoms with van der Waals surface area (Å²) in [5.74, 6) is 2.27. The van der Waals surface area contributed by atoms with Crippen LogP contribution in [0.5, 0.6) is 11.5 Å². The second-order valence-corrected chi connectivity index (χ2v) is 7.07. The molecule has 0 radical (unpaired) electrons. The molecule has 3 rings (SSSR count). The van der Waals surface area contributed by atoms with Crippen molar-refractivity contribution in [1.29, 1.82) is 0 Å². The summed E-state index contributed by atoms with van der Waals surface area (Å²) in [6, 6.07) is 13.7. The van der Waals surface area contributed by atoms with Gasteiger partial charge in [0, 0.05) is 4.90 Å². The van der Waals surface area contributed by atoms with E-state index in [0.29, 0.717) is 5.75 Å². The molecular weight excluding hydrogens is 296 g/mol. The summed E-state index contributed by atoms with van der Waals surface area (Å²) in [5, 5.41) is 0. The highest BCUT2D eigenvalue weighted by Gasteiger charge is 2.22. The number of rotatable bonds is 4. The molecule has 2 atom stereocenters. The van der Waals surface area contributed by atoms with E-state index in [9.17, 15) is 4.21 Å². The first kappa shape index (κ1) is 15.1. The zero-order valence-electron chi connectivity index (χ0n) is 12.9. The third-order valence-electron chi connectivity index (χ3n) is 3.92. The molecule has 0 saturated heterocycles. The van der Waals surface area contributed by atoms with Gasteiger partial charge in [0.2, 0.25) is 0 Å². The Kier molecular flexibility index (Phi) is 4.48. The number of aryl methyl sites for hydroxylation is 2. The first-order valence-electron chi connectivity index (χ1n) is 7.44. The van der Waals surface area contributed by atoms with E-state index < -0.39 is 10.8 Å². The summed E-state index contributed by atoms with van der Waals surface area (Å²) in [7, 11) is 0.644. The van der Waals surface area contributed by atoms with Gasteiger partial charge in [-0.3, -0.25) is 4.21 Å². The van der Waals surface area contributed by atoms with E-state index in [1.165, 1.54) is 5.56 Å². The second kappa shape index (κ2) is 6.53. The Labute approximate surface area is 133 Å². The number of hydrogen-bond donors (Lipinski definition) is 0. The molecule has 0 fully saturated rings. The van der Waals surface area contributed by atoms with Crippen molar-refractivity contribution in [1.82, 2.24) is 0 Å². The van der Waals surface area contributed by atoms with E-state index in [2.05, 4.69) is 0 Å². The number of fused-ring (bicyclic) bond motifs is 1. The maximum atomic E-state index is 12.4. The third kappa shape index (κ3) is 3.33. The predicted octanol–water partition coefficient (Wildman–Crippen LogP) is 3.51. The molecule has 0 aromatic heterocycles. The highest BCUT2D eigenvalue weighted by molar-refractivity contribution is 7.85. The molecule has 0 aliphatic carbocycles. The Bertz CT molecular complexity index is 679. The fourth-order valence-corrected chi connectivity index (χ4v) is 3.83. The minimum absolute atomic E-state index is 0.00281. The first-order valence-corrected chi connectivity index (χ1v) is 8.76. The van der Waals surface area contributed by atoms with Gasteiger partial charge in [0.25, 0.3) is 0 Å². The average molecular weight is 316 g/mol. The van der Waals surface area contributed by atoms with Crippen molar-refractivity contribution < 1.29 is 13.7 Å². The lowest BCUT2D eigenvalue weighted by Gasteiger charge is -2.26. The van der Waals surface area contributed by atoms with Gasteiger partial charge in [-0.25, -0.2) is 0 Å². The Hall–Kier alpha value is -1.81. The van der Waals surface area contributed by atoms with Gasteiger partial charge in [-0.1, -0.05) is 17.7 Å². The molecule has 0 bridgehead atoms. The zero-order valence-corrected chi connectivity index (χ0v) is 13.7. The van der Waals surface area contributed by atoms with Crippen molar-refractivity contribution in [2.75, 3.05) is 12.9 Å². The van der Waals surface area contributed by atoms with Crippen LogP contribution in [0.3, 0.4) is 0 Å². The van der Waals surface area contributed by atoms with Crippen LogP contribution in [0, 0.1) is 6.92 Å². The molecule has 116 valence electrons. The molecule has 2 aromatic rings. The van der Waals surface area contributed by atoms with E-state index in [4.69, 9.17) is 9.47 Å². The smallest absolute Gasteiger partial charge is 0.123 e. The Morgan fingerprint density at radius 1 is 1.23 bits per heavy atom. The summed E-state index contributed by atoms with van der Waals surface area (Å²) < 4.78 is 23.7. The molecular formula is C18H20O3S. The van der Waals surface area contributed by atoms with Crippen LogP contribution < -0.4 is 9.47 Å². The van der Waals surface area contributed by atoms with E-state index in [-0.39, 0.29) is 6.10 Å². The highest BCUT2D eigenvalue weighted by atomic mass is 32.2. The van der Waals surface area contributed by atoms with E-state index in [1.54, 1.807) is 7.11 Å². The van der Waals surface area contributed by atoms with Crippen molar-refractivity contribution in [3.05, 3.63) is 53.6 Å². The topological polar surface area (TPSA) is 35.5 Å². The van der Waals surface area contributed by atoms with Crippen LogP contribution in [0.15, 0.2) is 47.4 Å². The van der Waals surface area contributed by atoms with Crippen LogP contribution in [0.2, 0.25) is 0 Å². The Balaban J connectivity index is 1.67. The van der Waals surface area contributed by atoms with Gasteiger partial charge in [0.05, 0.1) is 23.7 Å². The van der Waals surface area contributed by atoms with Crippen molar-refractivity contribution in [3.8, 4) is 11.5 Å².